The van der Waals surface area contributed by atoms with Gasteiger partial charge in [0.1, 0.15) is 12.4 Å². The average Bonchev–Trinajstić information content (AvgIpc) is 3.47. The number of ether oxygens (including phenoxy) is 3. The quantitative estimate of drug-likeness (QED) is 0.351. The van der Waals surface area contributed by atoms with E-state index in [4.69, 9.17) is 19.2 Å². The maximum absolute atomic E-state index is 5.73. The Morgan fingerprint density at radius 1 is 1.27 bits per heavy atom. The maximum Gasteiger partial charge on any atom is 0.194 e. The number of benzene rings is 1. The molecule has 0 radical (unpaired) electrons. The molecule has 0 aromatic heterocycles. The molecule has 1 aromatic rings. The molecule has 1 aromatic carbocycles. The first-order chi connectivity index (χ1) is 12.7. The van der Waals surface area contributed by atoms with Gasteiger partial charge in [-0.1, -0.05) is 12.1 Å². The van der Waals surface area contributed by atoms with Crippen molar-refractivity contribution in [3.05, 3.63) is 29.8 Å². The lowest BCUT2D eigenvalue weighted by Crippen LogP contribution is -2.40. The van der Waals surface area contributed by atoms with Crippen LogP contribution in [0.15, 0.2) is 29.3 Å². The van der Waals surface area contributed by atoms with E-state index in [1.165, 1.54) is 12.8 Å². The van der Waals surface area contributed by atoms with E-state index in [1.807, 2.05) is 25.2 Å². The van der Waals surface area contributed by atoms with Crippen LogP contribution in [0, 0.1) is 5.92 Å². The Morgan fingerprint density at radius 2 is 2.12 bits per heavy atom. The molecule has 6 heteroatoms. The molecule has 1 aliphatic rings. The second-order valence-corrected chi connectivity index (χ2v) is 6.60. The normalized spacial score (nSPS) is 14.3. The smallest absolute Gasteiger partial charge is 0.194 e. The van der Waals surface area contributed by atoms with E-state index in [2.05, 4.69) is 23.2 Å². The molecular weight excluding hydrogens is 330 g/mol. The standard InChI is InChI=1S/C20H33N3O3/c1-4-21-20(23(2)10-11-25-16-17-8-9-17)22-15-18-6-5-7-19(14-18)26-13-12-24-3/h5-7,14,17H,4,8-13,15-16H2,1-3H3,(H,21,22). The first kappa shape index (κ1) is 20.5. The monoisotopic (exact) mass is 363 g/mol. The fourth-order valence-electron chi connectivity index (χ4n) is 2.45. The van der Waals surface area contributed by atoms with Gasteiger partial charge < -0.3 is 24.4 Å². The van der Waals surface area contributed by atoms with E-state index in [0.29, 0.717) is 19.8 Å². The Hall–Kier alpha value is -1.79. The zero-order chi connectivity index (χ0) is 18.6. The van der Waals surface area contributed by atoms with Crippen molar-refractivity contribution < 1.29 is 14.2 Å². The topological polar surface area (TPSA) is 55.3 Å². The van der Waals surface area contributed by atoms with Gasteiger partial charge in [-0.2, -0.15) is 0 Å². The van der Waals surface area contributed by atoms with E-state index in [-0.39, 0.29) is 0 Å². The molecule has 0 heterocycles. The summed E-state index contributed by atoms with van der Waals surface area (Å²) in [5.41, 5.74) is 1.12. The molecular formula is C20H33N3O3. The minimum atomic E-state index is 0.551. The molecule has 1 aliphatic carbocycles. The Balaban J connectivity index is 1.82. The van der Waals surface area contributed by atoms with Gasteiger partial charge in [-0.3, -0.25) is 0 Å². The first-order valence-electron chi connectivity index (χ1n) is 9.50. The molecule has 1 N–H and O–H groups in total. The van der Waals surface area contributed by atoms with Gasteiger partial charge in [0.25, 0.3) is 0 Å². The molecule has 0 bridgehead atoms. The summed E-state index contributed by atoms with van der Waals surface area (Å²) in [4.78, 5) is 6.86. The number of hydrogen-bond donors (Lipinski definition) is 1. The Kier molecular flexibility index (Phi) is 9.28. The Bertz CT molecular complexity index is 547. The molecule has 0 spiro atoms. The van der Waals surface area contributed by atoms with E-state index in [9.17, 15) is 0 Å². The number of nitrogens with one attached hydrogen (secondary N) is 1. The SMILES string of the molecule is CCNC(=NCc1cccc(OCCOC)c1)N(C)CCOCC1CC1. The summed E-state index contributed by atoms with van der Waals surface area (Å²) >= 11 is 0. The van der Waals surface area contributed by atoms with Crippen molar-refractivity contribution in [2.24, 2.45) is 10.9 Å². The highest BCUT2D eigenvalue weighted by molar-refractivity contribution is 5.79. The minimum Gasteiger partial charge on any atom is -0.491 e. The van der Waals surface area contributed by atoms with Crippen LogP contribution in [0.5, 0.6) is 5.75 Å². The lowest BCUT2D eigenvalue weighted by Gasteiger charge is -2.22. The van der Waals surface area contributed by atoms with E-state index < -0.39 is 0 Å². The maximum atomic E-state index is 5.73. The van der Waals surface area contributed by atoms with Gasteiger partial charge in [-0.25, -0.2) is 4.99 Å². The predicted octanol–water partition coefficient (Wildman–Crippen LogP) is 2.54. The average molecular weight is 364 g/mol. The van der Waals surface area contributed by atoms with Crippen LogP contribution in [0.25, 0.3) is 0 Å². The Morgan fingerprint density at radius 3 is 2.85 bits per heavy atom. The summed E-state index contributed by atoms with van der Waals surface area (Å²) in [6.07, 6.45) is 2.66. The third kappa shape index (κ3) is 8.06. The largest absolute Gasteiger partial charge is 0.491 e. The lowest BCUT2D eigenvalue weighted by molar-refractivity contribution is 0.115. The molecule has 0 unspecified atom stereocenters. The van der Waals surface area contributed by atoms with Gasteiger partial charge >= 0.3 is 0 Å². The van der Waals surface area contributed by atoms with Gasteiger partial charge in [0, 0.05) is 33.9 Å². The summed E-state index contributed by atoms with van der Waals surface area (Å²) < 4.78 is 16.4. The molecule has 0 aliphatic heterocycles. The predicted molar refractivity (Wildman–Crippen MR) is 105 cm³/mol. The zero-order valence-corrected chi connectivity index (χ0v) is 16.4. The summed E-state index contributed by atoms with van der Waals surface area (Å²) in [5, 5.41) is 3.34. The number of guanidine groups is 1. The van der Waals surface area contributed by atoms with Crippen LogP contribution in [0.1, 0.15) is 25.3 Å². The lowest BCUT2D eigenvalue weighted by atomic mass is 10.2. The van der Waals surface area contributed by atoms with Crippen LogP contribution in [-0.2, 0) is 16.0 Å². The first-order valence-corrected chi connectivity index (χ1v) is 9.50. The second-order valence-electron chi connectivity index (χ2n) is 6.60. The van der Waals surface area contributed by atoms with Crippen molar-refractivity contribution in [3.63, 3.8) is 0 Å². The van der Waals surface area contributed by atoms with Crippen LogP contribution < -0.4 is 10.1 Å². The molecule has 6 nitrogen and oxygen atoms in total. The van der Waals surface area contributed by atoms with Crippen molar-refractivity contribution in [2.75, 3.05) is 53.7 Å². The number of methoxy groups -OCH3 is 1. The van der Waals surface area contributed by atoms with Gasteiger partial charge in [-0.05, 0) is 43.4 Å². The molecule has 26 heavy (non-hydrogen) atoms. The molecule has 1 saturated carbocycles. The molecule has 0 atom stereocenters. The summed E-state index contributed by atoms with van der Waals surface area (Å²) in [6, 6.07) is 8.04. The number of nitrogens with zero attached hydrogens (tertiary/aromatic N) is 2. The van der Waals surface area contributed by atoms with Gasteiger partial charge in [0.15, 0.2) is 5.96 Å². The fourth-order valence-corrected chi connectivity index (χ4v) is 2.45. The van der Waals surface area contributed by atoms with E-state index in [1.54, 1.807) is 7.11 Å². The fraction of sp³-hybridized carbons (Fsp3) is 0.650. The molecule has 2 rings (SSSR count). The van der Waals surface area contributed by atoms with Crippen LogP contribution >= 0.6 is 0 Å². The molecule has 1 fully saturated rings. The highest BCUT2D eigenvalue weighted by atomic mass is 16.5. The van der Waals surface area contributed by atoms with Gasteiger partial charge in [0.2, 0.25) is 0 Å². The molecule has 0 saturated heterocycles. The van der Waals surface area contributed by atoms with Gasteiger partial charge in [0.05, 0.1) is 19.8 Å². The summed E-state index contributed by atoms with van der Waals surface area (Å²) in [5.74, 6) is 2.55. The highest BCUT2D eigenvalue weighted by Gasteiger charge is 2.21. The third-order valence-corrected chi connectivity index (χ3v) is 4.18. The van der Waals surface area contributed by atoms with Crippen molar-refractivity contribution >= 4 is 5.96 Å². The number of likely N-dealkylation sites (N-methyl/N-ethyl adjacent to an activating group) is 1. The van der Waals surface area contributed by atoms with Crippen LogP contribution in [0.2, 0.25) is 0 Å². The number of aliphatic imine (C=N–C) groups is 1. The Labute approximate surface area is 157 Å². The van der Waals surface area contributed by atoms with Crippen molar-refractivity contribution in [3.8, 4) is 5.75 Å². The minimum absolute atomic E-state index is 0.551. The second kappa shape index (κ2) is 11.8. The van der Waals surface area contributed by atoms with E-state index in [0.717, 1.165) is 49.5 Å². The zero-order valence-electron chi connectivity index (χ0n) is 16.4. The summed E-state index contributed by atoms with van der Waals surface area (Å²) in [7, 11) is 3.72. The van der Waals surface area contributed by atoms with Gasteiger partial charge in [-0.15, -0.1) is 0 Å². The third-order valence-electron chi connectivity index (χ3n) is 4.18. The van der Waals surface area contributed by atoms with Crippen LogP contribution in [-0.4, -0.2) is 64.5 Å². The van der Waals surface area contributed by atoms with Crippen molar-refractivity contribution in [1.29, 1.82) is 0 Å². The summed E-state index contributed by atoms with van der Waals surface area (Å²) in [6.45, 7) is 7.13. The molecule has 146 valence electrons. The highest BCUT2D eigenvalue weighted by Crippen LogP contribution is 2.28. The molecule has 0 amide bonds. The van der Waals surface area contributed by atoms with E-state index >= 15 is 0 Å². The van der Waals surface area contributed by atoms with Crippen molar-refractivity contribution in [1.82, 2.24) is 10.2 Å². The van der Waals surface area contributed by atoms with Crippen molar-refractivity contribution in [2.45, 2.75) is 26.3 Å². The number of rotatable bonds is 12. The van der Waals surface area contributed by atoms with Crippen LogP contribution in [0.3, 0.4) is 0 Å². The number of hydrogen-bond acceptors (Lipinski definition) is 4. The van der Waals surface area contributed by atoms with Crippen LogP contribution in [0.4, 0.5) is 0 Å².